The number of aromatic nitrogens is 1. The lowest BCUT2D eigenvalue weighted by Crippen LogP contribution is -2.49. The van der Waals surface area contributed by atoms with Crippen molar-refractivity contribution < 1.29 is 14.6 Å². The van der Waals surface area contributed by atoms with Gasteiger partial charge in [0.05, 0.1) is 11.8 Å². The maximum absolute atomic E-state index is 13.1. The van der Waals surface area contributed by atoms with Crippen molar-refractivity contribution >= 4 is 6.09 Å². The number of pyridine rings is 1. The zero-order valence-corrected chi connectivity index (χ0v) is 28.2. The molecule has 5 aromatic rings. The average Bonchev–Trinajstić information content (AvgIpc) is 3.08. The molecule has 0 saturated carbocycles. The van der Waals surface area contributed by atoms with Gasteiger partial charge in [-0.3, -0.25) is 9.88 Å². The average molecular weight is 642 g/mol. The Morgan fingerprint density at radius 1 is 0.708 bits per heavy atom. The van der Waals surface area contributed by atoms with Crippen LogP contribution >= 0.6 is 0 Å². The Morgan fingerprint density at radius 2 is 1.23 bits per heavy atom. The van der Waals surface area contributed by atoms with Gasteiger partial charge in [0.2, 0.25) is 0 Å². The van der Waals surface area contributed by atoms with Crippen LogP contribution in [-0.4, -0.2) is 44.9 Å². The number of carbonyl (C=O) groups is 1. The number of aliphatic hydroxyl groups is 1. The first-order chi connectivity index (χ1) is 23.2. The molecule has 0 aliphatic carbocycles. The largest absolute Gasteiger partial charge is 0.444 e. The highest BCUT2D eigenvalue weighted by molar-refractivity contribution is 5.68. The van der Waals surface area contributed by atoms with Gasteiger partial charge in [-0.2, -0.15) is 0 Å². The molecule has 0 unspecified atom stereocenters. The lowest BCUT2D eigenvalue weighted by Gasteiger charge is -2.37. The van der Waals surface area contributed by atoms with Crippen LogP contribution in [0, 0.1) is 0 Å². The summed E-state index contributed by atoms with van der Waals surface area (Å²) in [5, 5.41) is 15.3. The van der Waals surface area contributed by atoms with Gasteiger partial charge in [-0.1, -0.05) is 121 Å². The Labute approximate surface area is 285 Å². The molecule has 0 radical (unpaired) electrons. The summed E-state index contributed by atoms with van der Waals surface area (Å²) in [5.41, 5.74) is 5.84. The second kappa shape index (κ2) is 16.9. The number of aliphatic hydroxyl groups excluding tert-OH is 1. The summed E-state index contributed by atoms with van der Waals surface area (Å²) >= 11 is 0. The van der Waals surface area contributed by atoms with E-state index in [1.165, 1.54) is 11.1 Å². The van der Waals surface area contributed by atoms with Crippen LogP contribution in [0.4, 0.5) is 4.79 Å². The molecule has 1 heterocycles. The molecular weight excluding hydrogens is 594 g/mol. The quantitative estimate of drug-likeness (QED) is 0.128. The molecule has 0 bridgehead atoms. The number of ether oxygens (including phenoxy) is 1. The highest BCUT2D eigenvalue weighted by atomic mass is 16.6. The van der Waals surface area contributed by atoms with Gasteiger partial charge >= 0.3 is 6.09 Å². The molecule has 3 atom stereocenters. The normalized spacial score (nSPS) is 13.4. The number of alkyl carbamates (subject to hydrolysis) is 1. The van der Waals surface area contributed by atoms with Crippen molar-refractivity contribution in [3.05, 3.63) is 162 Å². The molecule has 5 rings (SSSR count). The number of nitrogens with zero attached hydrogens (tertiary/aromatic N) is 2. The number of amides is 1. The molecule has 0 aliphatic heterocycles. The molecule has 2 N–H and O–H groups in total. The fourth-order valence-electron chi connectivity index (χ4n) is 6.04. The van der Waals surface area contributed by atoms with Crippen molar-refractivity contribution in [2.45, 2.75) is 76.9 Å². The number of hydrogen-bond donors (Lipinski definition) is 2. The lowest BCUT2D eigenvalue weighted by molar-refractivity contribution is 0.0234. The van der Waals surface area contributed by atoms with E-state index in [0.717, 1.165) is 22.4 Å². The van der Waals surface area contributed by atoms with E-state index in [2.05, 4.69) is 100 Å². The first-order valence-electron chi connectivity index (χ1n) is 16.8. The SMILES string of the molecule is CC(C)(C)OC(=O)N[C@@H](Cc1ccc(-c2ccccn2)cc1)C[C@H](O)[C@H](Cc1ccccc1)N(Cc1ccccc1)Cc1ccccc1. The Balaban J connectivity index is 1.43. The molecular formula is C42H47N3O3. The molecule has 0 saturated heterocycles. The molecule has 4 aromatic carbocycles. The highest BCUT2D eigenvalue weighted by Gasteiger charge is 2.30. The molecule has 0 spiro atoms. The van der Waals surface area contributed by atoms with Crippen LogP contribution < -0.4 is 5.32 Å². The second-order valence-electron chi connectivity index (χ2n) is 13.4. The molecule has 0 fully saturated rings. The van der Waals surface area contributed by atoms with Crippen molar-refractivity contribution in [3.63, 3.8) is 0 Å². The number of hydrogen-bond acceptors (Lipinski definition) is 5. The van der Waals surface area contributed by atoms with E-state index < -0.39 is 17.8 Å². The maximum atomic E-state index is 13.1. The molecule has 6 nitrogen and oxygen atoms in total. The van der Waals surface area contributed by atoms with Gasteiger partial charge < -0.3 is 15.2 Å². The van der Waals surface area contributed by atoms with Crippen LogP contribution in [0.25, 0.3) is 11.3 Å². The zero-order valence-electron chi connectivity index (χ0n) is 28.2. The second-order valence-corrected chi connectivity index (χ2v) is 13.4. The van der Waals surface area contributed by atoms with E-state index in [4.69, 9.17) is 4.74 Å². The Morgan fingerprint density at radius 3 is 1.75 bits per heavy atom. The van der Waals surface area contributed by atoms with Crippen LogP contribution in [0.15, 0.2) is 140 Å². The summed E-state index contributed by atoms with van der Waals surface area (Å²) < 4.78 is 5.68. The third-order valence-corrected chi connectivity index (χ3v) is 8.30. The molecule has 248 valence electrons. The molecule has 48 heavy (non-hydrogen) atoms. The predicted octanol–water partition coefficient (Wildman–Crippen LogP) is 8.25. The topological polar surface area (TPSA) is 74.7 Å². The lowest BCUT2D eigenvalue weighted by atomic mass is 9.91. The van der Waals surface area contributed by atoms with Crippen LogP contribution in [-0.2, 0) is 30.7 Å². The van der Waals surface area contributed by atoms with E-state index in [9.17, 15) is 9.90 Å². The minimum absolute atomic E-state index is 0.234. The van der Waals surface area contributed by atoms with Gasteiger partial charge in [0.25, 0.3) is 0 Å². The maximum Gasteiger partial charge on any atom is 0.407 e. The van der Waals surface area contributed by atoms with E-state index in [1.54, 1.807) is 6.20 Å². The molecule has 6 heteroatoms. The Hall–Kier alpha value is -4.78. The van der Waals surface area contributed by atoms with Gasteiger partial charge in [0.15, 0.2) is 0 Å². The molecule has 1 amide bonds. The van der Waals surface area contributed by atoms with E-state index >= 15 is 0 Å². The van der Waals surface area contributed by atoms with Crippen LogP contribution in [0.5, 0.6) is 0 Å². The van der Waals surface area contributed by atoms with Gasteiger partial charge in [0.1, 0.15) is 5.60 Å². The zero-order chi connectivity index (χ0) is 33.8. The standard InChI is InChI=1S/C42H47N3O3/c1-42(2,3)48-41(47)44-37(27-33-22-24-36(25-23-33)38-21-13-14-26-43-38)29-40(46)39(28-32-15-7-4-8-16-32)45(30-34-17-9-5-10-18-34)31-35-19-11-6-12-20-35/h4-26,37,39-40,46H,27-31H2,1-3H3,(H,44,47)/t37-,39-,40-/m0/s1. The summed E-state index contributed by atoms with van der Waals surface area (Å²) in [7, 11) is 0. The van der Waals surface area contributed by atoms with Crippen molar-refractivity contribution in [1.29, 1.82) is 0 Å². The molecule has 1 aromatic heterocycles. The third-order valence-electron chi connectivity index (χ3n) is 8.30. The molecule has 0 aliphatic rings. The van der Waals surface area contributed by atoms with Crippen LogP contribution in [0.2, 0.25) is 0 Å². The fraction of sp³-hybridized carbons (Fsp3) is 0.286. The summed E-state index contributed by atoms with van der Waals surface area (Å²) in [5.74, 6) is 0. The van der Waals surface area contributed by atoms with Gasteiger partial charge in [0, 0.05) is 36.9 Å². The monoisotopic (exact) mass is 641 g/mol. The van der Waals surface area contributed by atoms with E-state index in [1.807, 2.05) is 69.3 Å². The summed E-state index contributed by atoms with van der Waals surface area (Å²) in [6.07, 6.45) is 2.07. The Bertz CT molecular complexity index is 1620. The third kappa shape index (κ3) is 10.9. The van der Waals surface area contributed by atoms with Crippen molar-refractivity contribution in [1.82, 2.24) is 15.2 Å². The minimum atomic E-state index is -0.759. The first kappa shape index (κ1) is 34.6. The Kier molecular flexibility index (Phi) is 12.1. The number of carbonyl (C=O) groups excluding carboxylic acids is 1. The highest BCUT2D eigenvalue weighted by Crippen LogP contribution is 2.24. The van der Waals surface area contributed by atoms with Crippen LogP contribution in [0.1, 0.15) is 49.4 Å². The van der Waals surface area contributed by atoms with E-state index in [0.29, 0.717) is 32.4 Å². The van der Waals surface area contributed by atoms with Gasteiger partial charge in [-0.05, 0) is 74.4 Å². The minimum Gasteiger partial charge on any atom is -0.444 e. The number of rotatable bonds is 14. The van der Waals surface area contributed by atoms with Gasteiger partial charge in [-0.25, -0.2) is 4.79 Å². The van der Waals surface area contributed by atoms with Crippen LogP contribution in [0.3, 0.4) is 0 Å². The fourth-order valence-corrected chi connectivity index (χ4v) is 6.04. The van der Waals surface area contributed by atoms with Crippen molar-refractivity contribution in [2.75, 3.05) is 0 Å². The first-order valence-corrected chi connectivity index (χ1v) is 16.8. The van der Waals surface area contributed by atoms with Crippen molar-refractivity contribution in [3.8, 4) is 11.3 Å². The predicted molar refractivity (Wildman–Crippen MR) is 193 cm³/mol. The van der Waals surface area contributed by atoms with E-state index in [-0.39, 0.29) is 12.1 Å². The smallest absolute Gasteiger partial charge is 0.407 e. The number of benzene rings is 4. The summed E-state index contributed by atoms with van der Waals surface area (Å²) in [4.78, 5) is 20.0. The summed E-state index contributed by atoms with van der Waals surface area (Å²) in [6, 6.07) is 44.6. The van der Waals surface area contributed by atoms with Crippen molar-refractivity contribution in [2.24, 2.45) is 0 Å². The summed E-state index contributed by atoms with van der Waals surface area (Å²) in [6.45, 7) is 6.90. The van der Waals surface area contributed by atoms with Gasteiger partial charge in [-0.15, -0.1) is 0 Å². The number of nitrogens with one attached hydrogen (secondary N) is 1.